The third kappa shape index (κ3) is 2.84. The third-order valence-corrected chi connectivity index (χ3v) is 3.97. The van der Waals surface area contributed by atoms with Gasteiger partial charge in [0, 0.05) is 11.9 Å². The number of nitrogen functional groups attached to an aromatic ring is 1. The summed E-state index contributed by atoms with van der Waals surface area (Å²) in [4.78, 5) is 13.9. The lowest BCUT2D eigenvalue weighted by atomic mass is 10.1. The van der Waals surface area contributed by atoms with Crippen molar-refractivity contribution in [2.45, 2.75) is 33.2 Å². The van der Waals surface area contributed by atoms with Crippen LogP contribution in [0.5, 0.6) is 0 Å². The van der Waals surface area contributed by atoms with E-state index in [0.29, 0.717) is 5.82 Å². The van der Waals surface area contributed by atoms with Crippen LogP contribution in [-0.2, 0) is 11.4 Å². The number of hydrogen-bond acceptors (Lipinski definition) is 5. The molecule has 120 valence electrons. The van der Waals surface area contributed by atoms with Crippen molar-refractivity contribution in [2.24, 2.45) is 5.16 Å². The van der Waals surface area contributed by atoms with Gasteiger partial charge in [0.25, 0.3) is 0 Å². The van der Waals surface area contributed by atoms with E-state index in [0.717, 1.165) is 52.9 Å². The van der Waals surface area contributed by atoms with Crippen LogP contribution in [0.2, 0.25) is 0 Å². The standard InChI is InChI=1S/C17H21N5O/c1-11(21-23-3)7-6-10-22-12(2)19-15-16(22)13-8-4-5-9-14(13)20-17(15)18/h4-5,8-9H,6-7,10H2,1-3H3,(H2,18,20). The number of benzene rings is 1. The lowest BCUT2D eigenvalue weighted by Gasteiger charge is -2.09. The first kappa shape index (κ1) is 15.3. The zero-order chi connectivity index (χ0) is 16.4. The van der Waals surface area contributed by atoms with Crippen molar-refractivity contribution in [3.05, 3.63) is 30.1 Å². The van der Waals surface area contributed by atoms with Gasteiger partial charge in [0.05, 0.1) is 16.7 Å². The summed E-state index contributed by atoms with van der Waals surface area (Å²) in [6, 6.07) is 8.03. The quantitative estimate of drug-likeness (QED) is 0.579. The number of imidazole rings is 1. The van der Waals surface area contributed by atoms with Crippen LogP contribution in [0.4, 0.5) is 5.82 Å². The minimum absolute atomic E-state index is 0.484. The zero-order valence-electron chi connectivity index (χ0n) is 13.7. The minimum Gasteiger partial charge on any atom is -0.399 e. The minimum atomic E-state index is 0.484. The highest BCUT2D eigenvalue weighted by Gasteiger charge is 2.14. The van der Waals surface area contributed by atoms with Crippen LogP contribution in [0, 0.1) is 6.92 Å². The zero-order valence-corrected chi connectivity index (χ0v) is 13.7. The molecule has 2 aromatic heterocycles. The van der Waals surface area contributed by atoms with Crippen molar-refractivity contribution >= 4 is 33.5 Å². The fourth-order valence-corrected chi connectivity index (χ4v) is 2.94. The molecule has 0 spiro atoms. The normalized spacial score (nSPS) is 12.2. The number of rotatable bonds is 5. The number of hydrogen-bond donors (Lipinski definition) is 1. The Morgan fingerprint density at radius 3 is 2.87 bits per heavy atom. The van der Waals surface area contributed by atoms with E-state index in [-0.39, 0.29) is 0 Å². The first-order chi connectivity index (χ1) is 11.1. The molecule has 0 radical (unpaired) electrons. The summed E-state index contributed by atoms with van der Waals surface area (Å²) in [5.41, 5.74) is 9.83. The molecule has 0 atom stereocenters. The van der Waals surface area contributed by atoms with Crippen LogP contribution in [0.25, 0.3) is 21.9 Å². The van der Waals surface area contributed by atoms with Crippen LogP contribution < -0.4 is 5.73 Å². The summed E-state index contributed by atoms with van der Waals surface area (Å²) >= 11 is 0. The molecule has 0 bridgehead atoms. The van der Waals surface area contributed by atoms with Gasteiger partial charge < -0.3 is 15.1 Å². The van der Waals surface area contributed by atoms with E-state index in [1.807, 2.05) is 32.0 Å². The Bertz CT molecular complexity index is 881. The lowest BCUT2D eigenvalue weighted by Crippen LogP contribution is -2.04. The fourth-order valence-electron chi connectivity index (χ4n) is 2.94. The van der Waals surface area contributed by atoms with E-state index in [4.69, 9.17) is 10.6 Å². The molecule has 1 aromatic carbocycles. The number of fused-ring (bicyclic) bond motifs is 3. The summed E-state index contributed by atoms with van der Waals surface area (Å²) in [6.45, 7) is 4.83. The van der Waals surface area contributed by atoms with Crippen molar-refractivity contribution in [1.82, 2.24) is 14.5 Å². The van der Waals surface area contributed by atoms with E-state index in [9.17, 15) is 0 Å². The molecule has 0 fully saturated rings. The molecule has 6 nitrogen and oxygen atoms in total. The Labute approximate surface area is 135 Å². The molecule has 0 unspecified atom stereocenters. The number of nitrogens with two attached hydrogens (primary N) is 1. The van der Waals surface area contributed by atoms with E-state index >= 15 is 0 Å². The topological polar surface area (TPSA) is 78.3 Å². The average Bonchev–Trinajstić information content (AvgIpc) is 2.86. The Balaban J connectivity index is 2.03. The maximum absolute atomic E-state index is 6.10. The molecule has 0 aliphatic heterocycles. The van der Waals surface area contributed by atoms with Gasteiger partial charge >= 0.3 is 0 Å². The van der Waals surface area contributed by atoms with Gasteiger partial charge in [-0.25, -0.2) is 9.97 Å². The Morgan fingerprint density at radius 2 is 2.09 bits per heavy atom. The molecule has 0 amide bonds. The van der Waals surface area contributed by atoms with Crippen molar-refractivity contribution in [3.8, 4) is 0 Å². The molecule has 2 heterocycles. The highest BCUT2D eigenvalue weighted by Crippen LogP contribution is 2.28. The van der Waals surface area contributed by atoms with Gasteiger partial charge in [0.15, 0.2) is 5.82 Å². The molecular weight excluding hydrogens is 290 g/mol. The van der Waals surface area contributed by atoms with Crippen molar-refractivity contribution in [2.75, 3.05) is 12.8 Å². The van der Waals surface area contributed by atoms with Crippen LogP contribution in [0.15, 0.2) is 29.4 Å². The maximum Gasteiger partial charge on any atom is 0.152 e. The molecule has 23 heavy (non-hydrogen) atoms. The summed E-state index contributed by atoms with van der Waals surface area (Å²) in [6.07, 6.45) is 1.84. The largest absolute Gasteiger partial charge is 0.399 e. The number of aromatic nitrogens is 3. The second kappa shape index (κ2) is 6.24. The van der Waals surface area contributed by atoms with E-state index < -0.39 is 0 Å². The average molecular weight is 311 g/mol. The number of nitrogens with zero attached hydrogens (tertiary/aromatic N) is 4. The number of pyridine rings is 1. The Kier molecular flexibility index (Phi) is 4.14. The summed E-state index contributed by atoms with van der Waals surface area (Å²) in [5, 5.41) is 5.04. The number of anilines is 1. The third-order valence-electron chi connectivity index (χ3n) is 3.97. The molecule has 3 aromatic rings. The monoisotopic (exact) mass is 311 g/mol. The highest BCUT2D eigenvalue weighted by molar-refractivity contribution is 6.06. The predicted octanol–water partition coefficient (Wildman–Crippen LogP) is 3.28. The second-order valence-electron chi connectivity index (χ2n) is 5.63. The second-order valence-corrected chi connectivity index (χ2v) is 5.63. The Morgan fingerprint density at radius 1 is 1.30 bits per heavy atom. The maximum atomic E-state index is 6.10. The van der Waals surface area contributed by atoms with Gasteiger partial charge in [-0.05, 0) is 32.8 Å². The molecule has 0 saturated heterocycles. The van der Waals surface area contributed by atoms with Gasteiger partial charge in [-0.1, -0.05) is 23.4 Å². The van der Waals surface area contributed by atoms with Crippen molar-refractivity contribution in [1.29, 1.82) is 0 Å². The van der Waals surface area contributed by atoms with Gasteiger partial charge in [-0.3, -0.25) is 0 Å². The van der Waals surface area contributed by atoms with Crippen molar-refractivity contribution < 1.29 is 4.84 Å². The van der Waals surface area contributed by atoms with Gasteiger partial charge in [0.2, 0.25) is 0 Å². The van der Waals surface area contributed by atoms with Crippen LogP contribution in [-0.4, -0.2) is 27.4 Å². The number of aryl methyl sites for hydroxylation is 2. The van der Waals surface area contributed by atoms with E-state index in [2.05, 4.69) is 25.8 Å². The lowest BCUT2D eigenvalue weighted by molar-refractivity contribution is 0.212. The SMILES string of the molecule is CON=C(C)CCCn1c(C)nc2c(N)nc3ccccc3c21. The molecule has 0 aliphatic carbocycles. The Hall–Kier alpha value is -2.63. The molecule has 6 heteroatoms. The molecule has 2 N–H and O–H groups in total. The van der Waals surface area contributed by atoms with Crippen LogP contribution in [0.1, 0.15) is 25.6 Å². The van der Waals surface area contributed by atoms with Crippen LogP contribution >= 0.6 is 0 Å². The summed E-state index contributed by atoms with van der Waals surface area (Å²) in [7, 11) is 1.57. The molecular formula is C17H21N5O. The van der Waals surface area contributed by atoms with Crippen LogP contribution in [0.3, 0.4) is 0 Å². The summed E-state index contributed by atoms with van der Waals surface area (Å²) in [5.74, 6) is 1.43. The molecule has 0 saturated carbocycles. The predicted molar refractivity (Wildman–Crippen MR) is 93.5 cm³/mol. The highest BCUT2D eigenvalue weighted by atomic mass is 16.6. The van der Waals surface area contributed by atoms with E-state index in [1.54, 1.807) is 7.11 Å². The summed E-state index contributed by atoms with van der Waals surface area (Å²) < 4.78 is 2.22. The van der Waals surface area contributed by atoms with Gasteiger partial charge in [-0.15, -0.1) is 0 Å². The molecule has 3 rings (SSSR count). The number of oxime groups is 1. The fraction of sp³-hybridized carbons (Fsp3) is 0.353. The van der Waals surface area contributed by atoms with E-state index in [1.165, 1.54) is 0 Å². The molecule has 0 aliphatic rings. The smallest absolute Gasteiger partial charge is 0.152 e. The first-order valence-electron chi connectivity index (χ1n) is 7.69. The first-order valence-corrected chi connectivity index (χ1v) is 7.69. The van der Waals surface area contributed by atoms with Gasteiger partial charge in [0.1, 0.15) is 18.5 Å². The van der Waals surface area contributed by atoms with Gasteiger partial charge in [-0.2, -0.15) is 0 Å². The number of para-hydroxylation sites is 1. The van der Waals surface area contributed by atoms with Crippen molar-refractivity contribution in [3.63, 3.8) is 0 Å².